The van der Waals surface area contributed by atoms with Gasteiger partial charge < -0.3 is 25.0 Å². The summed E-state index contributed by atoms with van der Waals surface area (Å²) in [4.78, 5) is 39.5. The van der Waals surface area contributed by atoms with Crippen molar-refractivity contribution in [2.45, 2.75) is 33.6 Å². The van der Waals surface area contributed by atoms with Crippen LogP contribution in [0.3, 0.4) is 0 Å². The number of amides is 1. The maximum Gasteiger partial charge on any atom is 0.348 e. The Hall–Kier alpha value is -2.98. The molecule has 8 nitrogen and oxygen atoms in total. The molecule has 176 valence electrons. The molecule has 2 aromatic rings. The number of nitrogens with zero attached hydrogens (tertiary/aromatic N) is 1. The molecule has 1 aromatic heterocycles. The number of carbonyl (C=O) groups excluding carboxylic acids is 3. The van der Waals surface area contributed by atoms with Crippen molar-refractivity contribution in [3.8, 4) is 0 Å². The van der Waals surface area contributed by atoms with E-state index in [1.165, 1.54) is 0 Å². The molecule has 2 N–H and O–H groups in total. The SMILES string of the molecule is CCOC(=O)c1sc(NC(=S)Nc2ccc(C(=O)N3CCCC3)cc2)c(C(=O)OCC)c1C. The summed E-state index contributed by atoms with van der Waals surface area (Å²) in [5, 5.41) is 6.66. The minimum absolute atomic E-state index is 0.0272. The van der Waals surface area contributed by atoms with Crippen molar-refractivity contribution in [1.82, 2.24) is 4.90 Å². The van der Waals surface area contributed by atoms with Crippen LogP contribution in [0.2, 0.25) is 0 Å². The van der Waals surface area contributed by atoms with Crippen molar-refractivity contribution in [2.24, 2.45) is 0 Å². The maximum absolute atomic E-state index is 12.5. The fourth-order valence-electron chi connectivity index (χ4n) is 3.51. The fraction of sp³-hybridized carbons (Fsp3) is 0.391. The highest BCUT2D eigenvalue weighted by Gasteiger charge is 2.27. The average Bonchev–Trinajstić information content (AvgIpc) is 3.42. The molecule has 0 radical (unpaired) electrons. The summed E-state index contributed by atoms with van der Waals surface area (Å²) in [6.07, 6.45) is 2.08. The van der Waals surface area contributed by atoms with Gasteiger partial charge in [0.05, 0.1) is 18.8 Å². The zero-order valence-electron chi connectivity index (χ0n) is 18.9. The molecule has 3 rings (SSSR count). The standard InChI is InChI=1S/C23H27N3O5S2/c1-4-30-21(28)17-14(3)18(22(29)31-5-2)33-19(17)25-23(32)24-16-10-8-15(9-11-16)20(27)26-12-6-7-13-26/h8-11H,4-7,12-13H2,1-3H3,(H2,24,25,32). The Balaban J connectivity index is 1.73. The highest BCUT2D eigenvalue weighted by Crippen LogP contribution is 2.34. The second-order valence-corrected chi connectivity index (χ2v) is 8.79. The molecule has 0 unspecified atom stereocenters. The predicted molar refractivity (Wildman–Crippen MR) is 132 cm³/mol. The Morgan fingerprint density at radius 2 is 1.61 bits per heavy atom. The Morgan fingerprint density at radius 3 is 2.21 bits per heavy atom. The summed E-state index contributed by atoms with van der Waals surface area (Å²) >= 11 is 6.49. The van der Waals surface area contributed by atoms with E-state index in [1.807, 2.05) is 4.90 Å². The number of nitrogens with one attached hydrogen (secondary N) is 2. The number of ether oxygens (including phenoxy) is 2. The van der Waals surface area contributed by atoms with E-state index in [0.717, 1.165) is 37.3 Å². The molecule has 1 fully saturated rings. The van der Waals surface area contributed by atoms with Gasteiger partial charge in [-0.15, -0.1) is 11.3 Å². The number of rotatable bonds is 7. The van der Waals surface area contributed by atoms with Gasteiger partial charge >= 0.3 is 11.9 Å². The van der Waals surface area contributed by atoms with Gasteiger partial charge in [-0.1, -0.05) is 0 Å². The zero-order valence-corrected chi connectivity index (χ0v) is 20.5. The van der Waals surface area contributed by atoms with Crippen LogP contribution in [0.4, 0.5) is 10.7 Å². The molecule has 0 atom stereocenters. The van der Waals surface area contributed by atoms with Crippen molar-refractivity contribution < 1.29 is 23.9 Å². The number of anilines is 2. The van der Waals surface area contributed by atoms with Gasteiger partial charge in [-0.05, 0) is 75.7 Å². The molecule has 1 aromatic carbocycles. The molecular weight excluding hydrogens is 462 g/mol. The van der Waals surface area contributed by atoms with Crippen LogP contribution in [0.5, 0.6) is 0 Å². The molecule has 10 heteroatoms. The quantitative estimate of drug-likeness (QED) is 0.435. The minimum atomic E-state index is -0.545. The van der Waals surface area contributed by atoms with Crippen LogP contribution in [0.15, 0.2) is 24.3 Å². The molecule has 0 aliphatic carbocycles. The third-order valence-electron chi connectivity index (χ3n) is 5.10. The monoisotopic (exact) mass is 489 g/mol. The zero-order chi connectivity index (χ0) is 24.0. The Bertz CT molecular complexity index is 1040. The number of carbonyl (C=O) groups is 3. The first-order chi connectivity index (χ1) is 15.8. The van der Waals surface area contributed by atoms with Crippen LogP contribution in [-0.2, 0) is 9.47 Å². The number of likely N-dealkylation sites (tertiary alicyclic amines) is 1. The molecule has 0 saturated carbocycles. The molecule has 33 heavy (non-hydrogen) atoms. The number of thiophene rings is 1. The lowest BCUT2D eigenvalue weighted by Crippen LogP contribution is -2.27. The molecule has 2 heterocycles. The first-order valence-electron chi connectivity index (χ1n) is 10.8. The summed E-state index contributed by atoms with van der Waals surface area (Å²) in [6, 6.07) is 7.05. The van der Waals surface area contributed by atoms with Gasteiger partial charge in [0.15, 0.2) is 5.11 Å². The van der Waals surface area contributed by atoms with Crippen LogP contribution in [0.25, 0.3) is 0 Å². The van der Waals surface area contributed by atoms with Gasteiger partial charge in [-0.3, -0.25) is 4.79 Å². The van der Waals surface area contributed by atoms with E-state index in [1.54, 1.807) is 45.0 Å². The van der Waals surface area contributed by atoms with E-state index >= 15 is 0 Å². The Morgan fingerprint density at radius 1 is 1.00 bits per heavy atom. The van der Waals surface area contributed by atoms with E-state index in [0.29, 0.717) is 26.7 Å². The van der Waals surface area contributed by atoms with E-state index < -0.39 is 11.9 Å². The van der Waals surface area contributed by atoms with Gasteiger partial charge in [0.1, 0.15) is 9.88 Å². The number of hydrogen-bond acceptors (Lipinski definition) is 7. The molecular formula is C23H27N3O5S2. The lowest BCUT2D eigenvalue weighted by Gasteiger charge is -2.15. The lowest BCUT2D eigenvalue weighted by molar-refractivity contribution is 0.0527. The van der Waals surface area contributed by atoms with Crippen LogP contribution in [0, 0.1) is 6.92 Å². The topological polar surface area (TPSA) is 97.0 Å². The predicted octanol–water partition coefficient (Wildman–Crippen LogP) is 4.45. The van der Waals surface area contributed by atoms with Crippen LogP contribution in [0.1, 0.15) is 62.6 Å². The lowest BCUT2D eigenvalue weighted by atomic mass is 10.1. The van der Waals surface area contributed by atoms with E-state index in [4.69, 9.17) is 21.7 Å². The van der Waals surface area contributed by atoms with Gasteiger partial charge in [0.25, 0.3) is 5.91 Å². The number of thiocarbonyl (C=S) groups is 1. The molecule has 0 spiro atoms. The molecule has 0 bridgehead atoms. The molecule has 1 amide bonds. The fourth-order valence-corrected chi connectivity index (χ4v) is 4.88. The summed E-state index contributed by atoms with van der Waals surface area (Å²) in [6.45, 7) is 7.12. The maximum atomic E-state index is 12.5. The number of hydrogen-bond donors (Lipinski definition) is 2. The largest absolute Gasteiger partial charge is 0.462 e. The Kier molecular flexibility index (Phi) is 8.40. The molecule has 1 saturated heterocycles. The van der Waals surface area contributed by atoms with Crippen molar-refractivity contribution in [1.29, 1.82) is 0 Å². The summed E-state index contributed by atoms with van der Waals surface area (Å²) in [5.41, 5.74) is 2.04. The summed E-state index contributed by atoms with van der Waals surface area (Å²) in [5.74, 6) is -1.02. The summed E-state index contributed by atoms with van der Waals surface area (Å²) in [7, 11) is 0. The normalized spacial score (nSPS) is 12.9. The highest BCUT2D eigenvalue weighted by molar-refractivity contribution is 7.80. The van der Waals surface area contributed by atoms with Crippen molar-refractivity contribution >= 4 is 57.2 Å². The Labute approximate surface area is 202 Å². The van der Waals surface area contributed by atoms with Crippen molar-refractivity contribution in [3.63, 3.8) is 0 Å². The molecule has 1 aliphatic heterocycles. The first kappa shape index (κ1) is 24.7. The van der Waals surface area contributed by atoms with E-state index in [2.05, 4.69) is 10.6 Å². The number of esters is 2. The van der Waals surface area contributed by atoms with Crippen molar-refractivity contribution in [3.05, 3.63) is 45.8 Å². The van der Waals surface area contributed by atoms with Gasteiger partial charge in [-0.25, -0.2) is 9.59 Å². The number of benzene rings is 1. The highest BCUT2D eigenvalue weighted by atomic mass is 32.1. The van der Waals surface area contributed by atoms with Crippen molar-refractivity contribution in [2.75, 3.05) is 36.9 Å². The average molecular weight is 490 g/mol. The van der Waals surface area contributed by atoms with E-state index in [9.17, 15) is 14.4 Å². The van der Waals surface area contributed by atoms with E-state index in [-0.39, 0.29) is 29.8 Å². The summed E-state index contributed by atoms with van der Waals surface area (Å²) < 4.78 is 10.3. The van der Waals surface area contributed by atoms with Crippen LogP contribution in [-0.4, -0.2) is 54.2 Å². The minimum Gasteiger partial charge on any atom is -0.462 e. The smallest absolute Gasteiger partial charge is 0.348 e. The van der Waals surface area contributed by atoms with Crippen LogP contribution < -0.4 is 10.6 Å². The third-order valence-corrected chi connectivity index (χ3v) is 6.49. The van der Waals surface area contributed by atoms with Crippen LogP contribution >= 0.6 is 23.6 Å². The third kappa shape index (κ3) is 5.88. The van der Waals surface area contributed by atoms with Gasteiger partial charge in [0.2, 0.25) is 0 Å². The molecule has 1 aliphatic rings. The first-order valence-corrected chi connectivity index (χ1v) is 12.0. The van der Waals surface area contributed by atoms with Gasteiger partial charge in [-0.2, -0.15) is 0 Å². The second-order valence-electron chi connectivity index (χ2n) is 7.36. The van der Waals surface area contributed by atoms with Gasteiger partial charge in [0, 0.05) is 24.3 Å². The second kappa shape index (κ2) is 11.2.